The Balaban J connectivity index is 1.50. The zero-order valence-corrected chi connectivity index (χ0v) is 15.2. The summed E-state index contributed by atoms with van der Waals surface area (Å²) in [7, 11) is 0. The summed E-state index contributed by atoms with van der Waals surface area (Å²) in [5.41, 5.74) is 2.36. The second kappa shape index (κ2) is 7.08. The van der Waals surface area contributed by atoms with Crippen molar-refractivity contribution < 1.29 is 19.5 Å². The van der Waals surface area contributed by atoms with E-state index in [-0.39, 0.29) is 17.7 Å². The molecule has 2 aromatic rings. The van der Waals surface area contributed by atoms with Crippen molar-refractivity contribution in [3.8, 4) is 0 Å². The predicted octanol–water partition coefficient (Wildman–Crippen LogP) is 2.07. The van der Waals surface area contributed by atoms with Gasteiger partial charge in [0.2, 0.25) is 5.91 Å². The van der Waals surface area contributed by atoms with E-state index < -0.39 is 24.0 Å². The zero-order valence-electron chi connectivity index (χ0n) is 14.4. The largest absolute Gasteiger partial charge is 0.480 e. The van der Waals surface area contributed by atoms with Crippen LogP contribution in [0.25, 0.3) is 0 Å². The molecule has 0 spiro atoms. The molecule has 27 heavy (non-hydrogen) atoms. The molecule has 138 valence electrons. The van der Waals surface area contributed by atoms with Crippen LogP contribution in [-0.2, 0) is 16.0 Å². The van der Waals surface area contributed by atoms with E-state index in [4.69, 9.17) is 0 Å². The Morgan fingerprint density at radius 2 is 1.85 bits per heavy atom. The van der Waals surface area contributed by atoms with Crippen LogP contribution < -0.4 is 5.32 Å². The van der Waals surface area contributed by atoms with Crippen LogP contribution in [0.2, 0.25) is 0 Å². The molecule has 2 aliphatic rings. The van der Waals surface area contributed by atoms with Crippen LogP contribution in [0.4, 0.5) is 0 Å². The zero-order chi connectivity index (χ0) is 19.0. The van der Waals surface area contributed by atoms with Gasteiger partial charge in [-0.3, -0.25) is 9.59 Å². The molecule has 1 saturated heterocycles. The first-order valence-corrected chi connectivity index (χ1v) is 9.71. The van der Waals surface area contributed by atoms with Crippen molar-refractivity contribution in [2.75, 3.05) is 5.75 Å². The highest BCUT2D eigenvalue weighted by Crippen LogP contribution is 2.48. The quantitative estimate of drug-likeness (QED) is 0.827. The number of hydrogen-bond acceptors (Lipinski definition) is 4. The Bertz CT molecular complexity index is 902. The van der Waals surface area contributed by atoms with Crippen LogP contribution in [0.3, 0.4) is 0 Å². The number of amides is 2. The number of rotatable bonds is 5. The van der Waals surface area contributed by atoms with Crippen molar-refractivity contribution in [1.29, 1.82) is 0 Å². The Morgan fingerprint density at radius 3 is 2.59 bits per heavy atom. The Labute approximate surface area is 160 Å². The summed E-state index contributed by atoms with van der Waals surface area (Å²) in [6, 6.07) is 14.8. The van der Waals surface area contributed by atoms with Gasteiger partial charge >= 0.3 is 5.97 Å². The Hall–Kier alpha value is -2.80. The lowest BCUT2D eigenvalue weighted by molar-refractivity contribution is -0.142. The lowest BCUT2D eigenvalue weighted by Crippen LogP contribution is -2.51. The van der Waals surface area contributed by atoms with Gasteiger partial charge in [0.05, 0.1) is 0 Å². The first-order chi connectivity index (χ1) is 13.1. The van der Waals surface area contributed by atoms with Gasteiger partial charge in [0.1, 0.15) is 17.5 Å². The molecule has 0 unspecified atom stereocenters. The summed E-state index contributed by atoms with van der Waals surface area (Å²) in [5.74, 6) is -1.23. The maximum Gasteiger partial charge on any atom is 0.326 e. The van der Waals surface area contributed by atoms with Crippen LogP contribution in [0.5, 0.6) is 0 Å². The van der Waals surface area contributed by atoms with Gasteiger partial charge < -0.3 is 15.3 Å². The van der Waals surface area contributed by atoms with Crippen LogP contribution in [0.15, 0.2) is 54.6 Å². The van der Waals surface area contributed by atoms with Gasteiger partial charge in [-0.15, -0.1) is 11.8 Å². The molecule has 0 aromatic heterocycles. The molecular weight excluding hydrogens is 364 g/mol. The van der Waals surface area contributed by atoms with Crippen molar-refractivity contribution in [1.82, 2.24) is 10.2 Å². The van der Waals surface area contributed by atoms with Crippen LogP contribution in [0, 0.1) is 0 Å². The summed E-state index contributed by atoms with van der Waals surface area (Å²) in [6.45, 7) is 0. The normalized spacial score (nSPS) is 21.5. The average Bonchev–Trinajstić information content (AvgIpc) is 3.23. The highest BCUT2D eigenvalue weighted by molar-refractivity contribution is 7.99. The summed E-state index contributed by atoms with van der Waals surface area (Å²) >= 11 is 1.53. The molecule has 6 nitrogen and oxygen atoms in total. The first-order valence-electron chi connectivity index (χ1n) is 8.66. The Kier molecular flexibility index (Phi) is 4.61. The molecule has 2 N–H and O–H groups in total. The number of carboxylic acid groups (broad SMARTS) is 1. The molecule has 2 amide bonds. The smallest absolute Gasteiger partial charge is 0.326 e. The number of hydrogen-bond donors (Lipinski definition) is 2. The molecule has 0 saturated carbocycles. The number of thioether (sulfide) groups is 1. The van der Waals surface area contributed by atoms with Crippen LogP contribution in [-0.4, -0.2) is 45.6 Å². The molecule has 0 radical (unpaired) electrons. The fourth-order valence-corrected chi connectivity index (χ4v) is 5.02. The number of nitrogens with one attached hydrogen (secondary N) is 1. The third-order valence-corrected chi connectivity index (χ3v) is 6.20. The van der Waals surface area contributed by atoms with Crippen molar-refractivity contribution in [3.63, 3.8) is 0 Å². The fraction of sp³-hybridized carbons (Fsp3) is 0.250. The SMILES string of the molecule is O=C(O)[C@H](Cc1ccccc1)NC(=O)[C@@H]1CS[C@H]2c3ccccc3C(=O)N12. The first kappa shape index (κ1) is 17.6. The van der Waals surface area contributed by atoms with Gasteiger partial charge in [0.25, 0.3) is 5.91 Å². The average molecular weight is 382 g/mol. The molecule has 0 bridgehead atoms. The number of nitrogens with zero attached hydrogens (tertiary/aromatic N) is 1. The number of fused-ring (bicyclic) bond motifs is 3. The minimum Gasteiger partial charge on any atom is -0.480 e. The maximum absolute atomic E-state index is 12.8. The lowest BCUT2D eigenvalue weighted by Gasteiger charge is -2.24. The second-order valence-electron chi connectivity index (χ2n) is 6.59. The van der Waals surface area contributed by atoms with Crippen LogP contribution >= 0.6 is 11.8 Å². The van der Waals surface area contributed by atoms with E-state index in [1.807, 2.05) is 42.5 Å². The minimum absolute atomic E-state index is 0.171. The molecule has 1 fully saturated rings. The highest BCUT2D eigenvalue weighted by atomic mass is 32.2. The van der Waals surface area contributed by atoms with E-state index in [1.165, 1.54) is 11.8 Å². The molecule has 4 rings (SSSR count). The standard InChI is InChI=1S/C20H18N2O4S/c23-17(21-15(20(25)26)10-12-6-2-1-3-7-12)16-11-27-19-14-9-5-4-8-13(14)18(24)22(16)19/h1-9,15-16,19H,10-11H2,(H,21,23)(H,25,26)/t15-,16-,19-/m0/s1. The van der Waals surface area contributed by atoms with E-state index in [1.54, 1.807) is 17.0 Å². The molecular formula is C20H18N2O4S. The number of carboxylic acids is 1. The van der Waals surface area contributed by atoms with Gasteiger partial charge in [-0.1, -0.05) is 48.5 Å². The van der Waals surface area contributed by atoms with E-state index in [0.717, 1.165) is 11.1 Å². The fourth-order valence-electron chi connectivity index (χ4n) is 3.56. The molecule has 2 aromatic carbocycles. The third kappa shape index (κ3) is 3.19. The number of carbonyl (C=O) groups excluding carboxylic acids is 2. The molecule has 7 heteroatoms. The van der Waals surface area contributed by atoms with Crippen molar-refractivity contribution in [2.45, 2.75) is 23.9 Å². The van der Waals surface area contributed by atoms with E-state index in [9.17, 15) is 19.5 Å². The molecule has 2 heterocycles. The third-order valence-electron chi connectivity index (χ3n) is 4.89. The topological polar surface area (TPSA) is 86.7 Å². The van der Waals surface area contributed by atoms with Crippen LogP contribution in [0.1, 0.15) is 26.9 Å². The maximum atomic E-state index is 12.8. The summed E-state index contributed by atoms with van der Waals surface area (Å²) in [4.78, 5) is 38.7. The van der Waals surface area contributed by atoms with E-state index >= 15 is 0 Å². The van der Waals surface area contributed by atoms with Crippen molar-refractivity contribution in [3.05, 3.63) is 71.3 Å². The lowest BCUT2D eigenvalue weighted by atomic mass is 10.1. The van der Waals surface area contributed by atoms with Gasteiger partial charge in [-0.25, -0.2) is 4.79 Å². The summed E-state index contributed by atoms with van der Waals surface area (Å²) in [5, 5.41) is 11.9. The minimum atomic E-state index is -1.09. The van der Waals surface area contributed by atoms with Crippen molar-refractivity contribution >= 4 is 29.5 Å². The molecule has 2 aliphatic heterocycles. The summed E-state index contributed by atoms with van der Waals surface area (Å²) in [6.07, 6.45) is 0.194. The predicted molar refractivity (Wildman–Crippen MR) is 101 cm³/mol. The highest BCUT2D eigenvalue weighted by Gasteiger charge is 2.48. The number of aliphatic carboxylic acids is 1. The van der Waals surface area contributed by atoms with Gasteiger partial charge in [0.15, 0.2) is 0 Å². The van der Waals surface area contributed by atoms with E-state index in [2.05, 4.69) is 5.32 Å². The molecule has 3 atom stereocenters. The molecule has 0 aliphatic carbocycles. The van der Waals surface area contributed by atoms with E-state index in [0.29, 0.717) is 11.3 Å². The van der Waals surface area contributed by atoms with Gasteiger partial charge in [0, 0.05) is 17.7 Å². The number of carbonyl (C=O) groups is 3. The van der Waals surface area contributed by atoms with Gasteiger partial charge in [-0.2, -0.15) is 0 Å². The monoisotopic (exact) mass is 382 g/mol. The summed E-state index contributed by atoms with van der Waals surface area (Å²) < 4.78 is 0. The van der Waals surface area contributed by atoms with Crippen molar-refractivity contribution in [2.24, 2.45) is 0 Å². The second-order valence-corrected chi connectivity index (χ2v) is 7.70. The van der Waals surface area contributed by atoms with Gasteiger partial charge in [-0.05, 0) is 17.2 Å². The number of benzene rings is 2. The Morgan fingerprint density at radius 1 is 1.15 bits per heavy atom.